The molecule has 2 aromatic carbocycles. The summed E-state index contributed by atoms with van der Waals surface area (Å²) in [5.74, 6) is -0.515. The fourth-order valence-corrected chi connectivity index (χ4v) is 3.53. The van der Waals surface area contributed by atoms with Gasteiger partial charge in [-0.2, -0.15) is 0 Å². The van der Waals surface area contributed by atoms with Crippen molar-refractivity contribution in [3.05, 3.63) is 82.5 Å². The van der Waals surface area contributed by atoms with E-state index < -0.39 is 27.4 Å². The molecule has 1 atom stereocenters. The second-order valence-electron chi connectivity index (χ2n) is 6.16. The third kappa shape index (κ3) is 4.81. The summed E-state index contributed by atoms with van der Waals surface area (Å²) in [6.07, 6.45) is 2.27. The number of sulfonamides is 1. The maximum absolute atomic E-state index is 11.8. The molecule has 0 radical (unpaired) electrons. The predicted octanol–water partition coefficient (Wildman–Crippen LogP) is 1.98. The van der Waals surface area contributed by atoms with Crippen LogP contribution in [0.25, 0.3) is 11.1 Å². The molecule has 0 saturated carbocycles. The molecule has 7 nitrogen and oxygen atoms in total. The van der Waals surface area contributed by atoms with Crippen LogP contribution in [0.3, 0.4) is 0 Å². The van der Waals surface area contributed by atoms with Crippen molar-refractivity contribution < 1.29 is 13.5 Å². The molecular weight excluding hydrogens is 366 g/mol. The van der Waals surface area contributed by atoms with E-state index in [2.05, 4.69) is 14.7 Å². The van der Waals surface area contributed by atoms with E-state index in [9.17, 15) is 18.3 Å². The number of aromatic nitrogens is 2. The van der Waals surface area contributed by atoms with Gasteiger partial charge in [-0.1, -0.05) is 54.6 Å². The molecule has 8 heteroatoms. The van der Waals surface area contributed by atoms with Crippen LogP contribution >= 0.6 is 0 Å². The zero-order valence-electron chi connectivity index (χ0n) is 14.6. The van der Waals surface area contributed by atoms with Crippen molar-refractivity contribution in [2.45, 2.75) is 12.5 Å². The van der Waals surface area contributed by atoms with Gasteiger partial charge in [0.05, 0.1) is 24.3 Å². The van der Waals surface area contributed by atoms with Crippen LogP contribution in [0.1, 0.15) is 17.3 Å². The van der Waals surface area contributed by atoms with E-state index in [4.69, 9.17) is 0 Å². The summed E-state index contributed by atoms with van der Waals surface area (Å²) in [6, 6.07) is 16.5. The standard InChI is InChI=1S/C19H19N3O4S/c1-27(25,26)22-16(11-17-18(23)19(24)21-12-20-17)15-9-7-14(8-10-15)13-5-3-2-4-6-13/h2-10,12,16,22-23H,11H2,1H3,(H,20,21,24)/t16-/m0/s1. The lowest BCUT2D eigenvalue weighted by molar-refractivity contribution is 0.448. The van der Waals surface area contributed by atoms with Crippen LogP contribution in [-0.4, -0.2) is 29.7 Å². The number of H-pyrrole nitrogens is 1. The Labute approximate surface area is 156 Å². The van der Waals surface area contributed by atoms with Gasteiger partial charge in [0.2, 0.25) is 15.8 Å². The highest BCUT2D eigenvalue weighted by Gasteiger charge is 2.20. The van der Waals surface area contributed by atoms with Crippen molar-refractivity contribution in [3.63, 3.8) is 0 Å². The van der Waals surface area contributed by atoms with Crippen LogP contribution in [0.4, 0.5) is 0 Å². The minimum absolute atomic E-state index is 0.0352. The maximum Gasteiger partial charge on any atom is 0.293 e. The highest BCUT2D eigenvalue weighted by atomic mass is 32.2. The minimum Gasteiger partial charge on any atom is -0.502 e. The van der Waals surface area contributed by atoms with Crippen molar-refractivity contribution >= 4 is 10.0 Å². The summed E-state index contributed by atoms with van der Waals surface area (Å²) in [7, 11) is -3.52. The molecule has 0 amide bonds. The van der Waals surface area contributed by atoms with Gasteiger partial charge < -0.3 is 10.1 Å². The molecule has 140 valence electrons. The Bertz CT molecular complexity index is 1080. The number of hydrogen-bond acceptors (Lipinski definition) is 5. The first-order valence-electron chi connectivity index (χ1n) is 8.22. The van der Waals surface area contributed by atoms with E-state index in [0.717, 1.165) is 17.4 Å². The molecule has 1 heterocycles. The quantitative estimate of drug-likeness (QED) is 0.601. The lowest BCUT2D eigenvalue weighted by Gasteiger charge is -2.18. The molecule has 0 unspecified atom stereocenters. The largest absolute Gasteiger partial charge is 0.502 e. The zero-order chi connectivity index (χ0) is 19.4. The Kier molecular flexibility index (Phi) is 5.38. The lowest BCUT2D eigenvalue weighted by atomic mass is 9.98. The fourth-order valence-electron chi connectivity index (χ4n) is 2.80. The fraction of sp³-hybridized carbons (Fsp3) is 0.158. The van der Waals surface area contributed by atoms with Gasteiger partial charge in [-0.25, -0.2) is 18.1 Å². The Morgan fingerprint density at radius 2 is 1.70 bits per heavy atom. The summed E-state index contributed by atoms with van der Waals surface area (Å²) in [6.45, 7) is 0. The molecule has 3 rings (SSSR count). The molecule has 27 heavy (non-hydrogen) atoms. The minimum atomic E-state index is -3.52. The summed E-state index contributed by atoms with van der Waals surface area (Å²) in [4.78, 5) is 17.8. The smallest absolute Gasteiger partial charge is 0.293 e. The van der Waals surface area contributed by atoms with Crippen LogP contribution in [0.5, 0.6) is 5.75 Å². The van der Waals surface area contributed by atoms with E-state index in [-0.39, 0.29) is 12.1 Å². The number of aromatic hydroxyl groups is 1. The van der Waals surface area contributed by atoms with Gasteiger partial charge in [-0.05, 0) is 16.7 Å². The summed E-state index contributed by atoms with van der Waals surface area (Å²) in [5, 5.41) is 9.90. The zero-order valence-corrected chi connectivity index (χ0v) is 15.4. The van der Waals surface area contributed by atoms with Crippen molar-refractivity contribution in [1.29, 1.82) is 0 Å². The molecule has 0 aliphatic rings. The molecule has 0 spiro atoms. The highest BCUT2D eigenvalue weighted by molar-refractivity contribution is 7.88. The number of nitrogens with zero attached hydrogens (tertiary/aromatic N) is 1. The van der Waals surface area contributed by atoms with Crippen molar-refractivity contribution in [2.75, 3.05) is 6.26 Å². The average molecular weight is 385 g/mol. The van der Waals surface area contributed by atoms with Crippen LogP contribution < -0.4 is 10.3 Å². The van der Waals surface area contributed by atoms with E-state index in [1.165, 1.54) is 6.33 Å². The molecular formula is C19H19N3O4S. The third-order valence-corrected chi connectivity index (χ3v) is 4.79. The third-order valence-electron chi connectivity index (χ3n) is 4.08. The average Bonchev–Trinajstić information content (AvgIpc) is 2.65. The monoisotopic (exact) mass is 385 g/mol. The van der Waals surface area contributed by atoms with Crippen molar-refractivity contribution in [1.82, 2.24) is 14.7 Å². The van der Waals surface area contributed by atoms with E-state index >= 15 is 0 Å². The van der Waals surface area contributed by atoms with Crippen LogP contribution in [0.2, 0.25) is 0 Å². The van der Waals surface area contributed by atoms with E-state index in [1.807, 2.05) is 54.6 Å². The number of rotatable bonds is 6. The van der Waals surface area contributed by atoms with Gasteiger partial charge in [0.15, 0.2) is 0 Å². The van der Waals surface area contributed by atoms with Gasteiger partial charge in [0.1, 0.15) is 0 Å². The Morgan fingerprint density at radius 3 is 2.33 bits per heavy atom. The lowest BCUT2D eigenvalue weighted by Crippen LogP contribution is -2.29. The van der Waals surface area contributed by atoms with Crippen molar-refractivity contribution in [3.8, 4) is 16.9 Å². The maximum atomic E-state index is 11.8. The second-order valence-corrected chi connectivity index (χ2v) is 7.94. The number of hydrogen-bond donors (Lipinski definition) is 3. The first-order valence-corrected chi connectivity index (χ1v) is 10.1. The topological polar surface area (TPSA) is 112 Å². The predicted molar refractivity (Wildman–Crippen MR) is 103 cm³/mol. The first-order chi connectivity index (χ1) is 12.8. The Balaban J connectivity index is 1.93. The first kappa shape index (κ1) is 18.8. The van der Waals surface area contributed by atoms with Crippen molar-refractivity contribution in [2.24, 2.45) is 0 Å². The van der Waals surface area contributed by atoms with Gasteiger partial charge in [0.25, 0.3) is 5.56 Å². The molecule has 3 aromatic rings. The molecule has 3 N–H and O–H groups in total. The Hall–Kier alpha value is -2.97. The molecule has 0 fully saturated rings. The summed E-state index contributed by atoms with van der Waals surface area (Å²) >= 11 is 0. The van der Waals surface area contributed by atoms with E-state index in [0.29, 0.717) is 5.56 Å². The van der Waals surface area contributed by atoms with Crippen LogP contribution in [-0.2, 0) is 16.4 Å². The van der Waals surface area contributed by atoms with Gasteiger partial charge >= 0.3 is 0 Å². The molecule has 1 aromatic heterocycles. The van der Waals surface area contributed by atoms with Gasteiger partial charge in [0, 0.05) is 6.42 Å². The highest BCUT2D eigenvalue weighted by Crippen LogP contribution is 2.25. The van der Waals surface area contributed by atoms with Gasteiger partial charge in [-0.3, -0.25) is 4.79 Å². The van der Waals surface area contributed by atoms with Crippen LogP contribution in [0.15, 0.2) is 65.7 Å². The summed E-state index contributed by atoms with van der Waals surface area (Å²) in [5.41, 5.74) is 2.19. The second kappa shape index (κ2) is 7.73. The summed E-state index contributed by atoms with van der Waals surface area (Å²) < 4.78 is 26.1. The Morgan fingerprint density at radius 1 is 1.07 bits per heavy atom. The number of benzene rings is 2. The number of nitrogens with one attached hydrogen (secondary N) is 2. The number of aromatic amines is 1. The molecule has 0 saturated heterocycles. The van der Waals surface area contributed by atoms with E-state index in [1.54, 1.807) is 0 Å². The molecule has 0 aliphatic heterocycles. The molecule has 0 bridgehead atoms. The molecule has 0 aliphatic carbocycles. The SMILES string of the molecule is CS(=O)(=O)N[C@@H](Cc1nc[nH]c(=O)c1O)c1ccc(-c2ccccc2)cc1. The van der Waals surface area contributed by atoms with Crippen LogP contribution in [0, 0.1) is 0 Å². The van der Waals surface area contributed by atoms with Gasteiger partial charge in [-0.15, -0.1) is 0 Å². The normalized spacial score (nSPS) is 12.6.